The summed E-state index contributed by atoms with van der Waals surface area (Å²) in [5, 5.41) is 17.6. The topological polar surface area (TPSA) is 106 Å². The second-order valence-corrected chi connectivity index (χ2v) is 7.92. The summed E-state index contributed by atoms with van der Waals surface area (Å²) >= 11 is 5.43. The molecule has 0 bridgehead atoms. The van der Waals surface area contributed by atoms with Gasteiger partial charge in [0.05, 0.1) is 28.8 Å². The SMILES string of the molecule is CCN(CC)c1ccc(C2NC(=S)NC(c3ccc([N+](=O)[O-])cc3)=C2C(=O)OCCOC)cc1. The zero-order valence-electron chi connectivity index (χ0n) is 19.4. The molecule has 0 amide bonds. The molecule has 10 heteroatoms. The van der Waals surface area contributed by atoms with Gasteiger partial charge >= 0.3 is 5.97 Å². The third-order valence-electron chi connectivity index (χ3n) is 5.53. The first-order valence-electron chi connectivity index (χ1n) is 11.0. The number of carbonyl (C=O) groups is 1. The number of esters is 1. The van der Waals surface area contributed by atoms with Crippen molar-refractivity contribution < 1.29 is 19.2 Å². The molecule has 1 heterocycles. The summed E-state index contributed by atoms with van der Waals surface area (Å²) in [5.74, 6) is -0.536. The van der Waals surface area contributed by atoms with Crippen molar-refractivity contribution in [2.75, 3.05) is 38.3 Å². The first-order chi connectivity index (χ1) is 16.4. The van der Waals surface area contributed by atoms with Gasteiger partial charge in [-0.15, -0.1) is 0 Å². The maximum Gasteiger partial charge on any atom is 0.338 e. The van der Waals surface area contributed by atoms with Crippen LogP contribution in [0.2, 0.25) is 0 Å². The standard InChI is InChI=1S/C24H28N4O5S/c1-4-27(5-2)18-10-6-16(7-11-18)21-20(23(29)33-15-14-32-3)22(26-24(34)25-21)17-8-12-19(13-9-17)28(30)31/h6-13,21H,4-5,14-15H2,1-3H3,(H2,25,26,34). The van der Waals surface area contributed by atoms with Gasteiger partial charge < -0.3 is 25.0 Å². The molecule has 34 heavy (non-hydrogen) atoms. The number of hydrogen-bond donors (Lipinski definition) is 2. The number of nitrogens with one attached hydrogen (secondary N) is 2. The molecule has 0 aliphatic carbocycles. The van der Waals surface area contributed by atoms with E-state index in [0.29, 0.717) is 21.9 Å². The molecule has 0 fully saturated rings. The summed E-state index contributed by atoms with van der Waals surface area (Å²) in [6, 6.07) is 13.3. The predicted octanol–water partition coefficient (Wildman–Crippen LogP) is 3.56. The van der Waals surface area contributed by atoms with E-state index in [2.05, 4.69) is 29.4 Å². The molecule has 2 N–H and O–H groups in total. The predicted molar refractivity (Wildman–Crippen MR) is 134 cm³/mol. The Morgan fingerprint density at radius 2 is 1.74 bits per heavy atom. The number of hydrogen-bond acceptors (Lipinski definition) is 7. The van der Waals surface area contributed by atoms with Crippen LogP contribution in [0.3, 0.4) is 0 Å². The van der Waals surface area contributed by atoms with Gasteiger partial charge in [-0.3, -0.25) is 10.1 Å². The van der Waals surface area contributed by atoms with E-state index in [1.807, 2.05) is 24.3 Å². The van der Waals surface area contributed by atoms with Crippen LogP contribution < -0.4 is 15.5 Å². The van der Waals surface area contributed by atoms with Gasteiger partial charge in [0.15, 0.2) is 5.11 Å². The summed E-state index contributed by atoms with van der Waals surface area (Å²) in [7, 11) is 1.53. The van der Waals surface area contributed by atoms with Crippen molar-refractivity contribution in [1.29, 1.82) is 0 Å². The Morgan fingerprint density at radius 1 is 1.09 bits per heavy atom. The zero-order valence-corrected chi connectivity index (χ0v) is 20.2. The second-order valence-electron chi connectivity index (χ2n) is 7.52. The number of anilines is 1. The fourth-order valence-electron chi connectivity index (χ4n) is 3.77. The van der Waals surface area contributed by atoms with Gasteiger partial charge in [0.25, 0.3) is 5.69 Å². The van der Waals surface area contributed by atoms with Gasteiger partial charge in [0.1, 0.15) is 6.61 Å². The minimum atomic E-state index is -0.570. The van der Waals surface area contributed by atoms with Crippen molar-refractivity contribution in [2.45, 2.75) is 19.9 Å². The van der Waals surface area contributed by atoms with Gasteiger partial charge in [0.2, 0.25) is 0 Å². The third-order valence-corrected chi connectivity index (χ3v) is 5.75. The highest BCUT2D eigenvalue weighted by Crippen LogP contribution is 2.33. The molecular weight excluding hydrogens is 456 g/mol. The number of nitrogens with zero attached hydrogens (tertiary/aromatic N) is 2. The van der Waals surface area contributed by atoms with Crippen LogP contribution in [0.5, 0.6) is 0 Å². The Labute approximate surface area is 203 Å². The smallest absolute Gasteiger partial charge is 0.338 e. The van der Waals surface area contributed by atoms with Crippen LogP contribution in [0.4, 0.5) is 11.4 Å². The lowest BCUT2D eigenvalue weighted by Crippen LogP contribution is -2.45. The average molecular weight is 485 g/mol. The van der Waals surface area contributed by atoms with E-state index in [1.165, 1.54) is 19.2 Å². The molecule has 2 aromatic carbocycles. The molecule has 1 atom stereocenters. The lowest BCUT2D eigenvalue weighted by atomic mass is 9.92. The molecule has 180 valence electrons. The number of carbonyl (C=O) groups excluding carboxylic acids is 1. The highest BCUT2D eigenvalue weighted by atomic mass is 32.1. The van der Waals surface area contributed by atoms with E-state index in [4.69, 9.17) is 21.7 Å². The molecule has 1 unspecified atom stereocenters. The number of benzene rings is 2. The summed E-state index contributed by atoms with van der Waals surface area (Å²) in [6.45, 7) is 6.30. The fourth-order valence-corrected chi connectivity index (χ4v) is 3.99. The van der Waals surface area contributed by atoms with E-state index < -0.39 is 16.9 Å². The normalized spacial score (nSPS) is 15.4. The van der Waals surface area contributed by atoms with E-state index in [1.54, 1.807) is 12.1 Å². The van der Waals surface area contributed by atoms with Crippen molar-refractivity contribution in [1.82, 2.24) is 10.6 Å². The van der Waals surface area contributed by atoms with Crippen LogP contribution in [0.15, 0.2) is 54.1 Å². The lowest BCUT2D eigenvalue weighted by Gasteiger charge is -2.31. The van der Waals surface area contributed by atoms with Gasteiger partial charge in [0, 0.05) is 38.0 Å². The maximum atomic E-state index is 13.2. The Kier molecular flexibility index (Phi) is 8.55. The second kappa shape index (κ2) is 11.6. The Bertz CT molecular complexity index is 1070. The Balaban J connectivity index is 2.07. The number of nitro groups is 1. The van der Waals surface area contributed by atoms with Gasteiger partial charge in [-0.05, 0) is 61.5 Å². The number of thiocarbonyl (C=S) groups is 1. The van der Waals surface area contributed by atoms with Gasteiger partial charge in [-0.2, -0.15) is 0 Å². The van der Waals surface area contributed by atoms with E-state index in [9.17, 15) is 14.9 Å². The molecule has 0 aromatic heterocycles. The highest BCUT2D eigenvalue weighted by molar-refractivity contribution is 7.80. The van der Waals surface area contributed by atoms with Crippen molar-refractivity contribution in [3.8, 4) is 0 Å². The number of non-ortho nitro benzene ring substituents is 1. The van der Waals surface area contributed by atoms with E-state index in [-0.39, 0.29) is 18.9 Å². The summed E-state index contributed by atoms with van der Waals surface area (Å²) in [4.78, 5) is 26.0. The molecule has 1 aliphatic heterocycles. The van der Waals surface area contributed by atoms with Crippen LogP contribution in [-0.2, 0) is 14.3 Å². The molecule has 1 aliphatic rings. The number of ether oxygens (including phenoxy) is 2. The molecule has 0 radical (unpaired) electrons. The first-order valence-corrected chi connectivity index (χ1v) is 11.4. The number of rotatable bonds is 10. The van der Waals surface area contributed by atoms with Crippen LogP contribution in [-0.4, -0.2) is 49.4 Å². The molecule has 2 aromatic rings. The molecule has 0 spiro atoms. The first kappa shape index (κ1) is 25.1. The molecular formula is C24H28N4O5S. The monoisotopic (exact) mass is 484 g/mol. The maximum absolute atomic E-state index is 13.2. The Hall–Kier alpha value is -3.50. The summed E-state index contributed by atoms with van der Waals surface area (Å²) in [6.07, 6.45) is 0. The molecule has 0 saturated heterocycles. The minimum absolute atomic E-state index is 0.0476. The highest BCUT2D eigenvalue weighted by Gasteiger charge is 2.33. The van der Waals surface area contributed by atoms with Crippen LogP contribution >= 0.6 is 12.2 Å². The largest absolute Gasteiger partial charge is 0.460 e. The number of methoxy groups -OCH3 is 1. The fraction of sp³-hybridized carbons (Fsp3) is 0.333. The molecule has 9 nitrogen and oxygen atoms in total. The van der Waals surface area contributed by atoms with Gasteiger partial charge in [-0.1, -0.05) is 12.1 Å². The van der Waals surface area contributed by atoms with E-state index >= 15 is 0 Å². The number of nitro benzene ring substituents is 1. The van der Waals surface area contributed by atoms with Gasteiger partial charge in [-0.25, -0.2) is 4.79 Å². The third kappa shape index (κ3) is 5.70. The molecule has 3 rings (SSSR count). The van der Waals surface area contributed by atoms with Crippen molar-refractivity contribution in [3.05, 3.63) is 75.3 Å². The Morgan fingerprint density at radius 3 is 2.29 bits per heavy atom. The quantitative estimate of drug-likeness (QED) is 0.172. The zero-order chi connectivity index (χ0) is 24.7. The lowest BCUT2D eigenvalue weighted by molar-refractivity contribution is -0.384. The minimum Gasteiger partial charge on any atom is -0.460 e. The summed E-state index contributed by atoms with van der Waals surface area (Å²) < 4.78 is 10.5. The molecule has 0 saturated carbocycles. The van der Waals surface area contributed by atoms with E-state index in [0.717, 1.165) is 24.3 Å². The van der Waals surface area contributed by atoms with Crippen LogP contribution in [0.25, 0.3) is 5.70 Å². The van der Waals surface area contributed by atoms with Crippen LogP contribution in [0.1, 0.15) is 31.0 Å². The summed E-state index contributed by atoms with van der Waals surface area (Å²) in [5.41, 5.74) is 3.21. The van der Waals surface area contributed by atoms with Crippen LogP contribution in [0, 0.1) is 10.1 Å². The van der Waals surface area contributed by atoms with Crippen molar-refractivity contribution >= 4 is 40.4 Å². The average Bonchev–Trinajstić information content (AvgIpc) is 2.85. The van der Waals surface area contributed by atoms with Crippen molar-refractivity contribution in [2.24, 2.45) is 0 Å². The van der Waals surface area contributed by atoms with Crippen molar-refractivity contribution in [3.63, 3.8) is 0 Å².